The van der Waals surface area contributed by atoms with Crippen LogP contribution in [0.4, 0.5) is 5.00 Å². The van der Waals surface area contributed by atoms with Gasteiger partial charge in [0, 0.05) is 4.88 Å². The number of ether oxygens (including phenoxy) is 1. The predicted molar refractivity (Wildman–Crippen MR) is 88.7 cm³/mol. The van der Waals surface area contributed by atoms with E-state index >= 15 is 0 Å². The van der Waals surface area contributed by atoms with Crippen LogP contribution in [0, 0.1) is 13.8 Å². The Morgan fingerprint density at radius 1 is 1.18 bits per heavy atom. The van der Waals surface area contributed by atoms with Gasteiger partial charge in [0.25, 0.3) is 0 Å². The number of thiophene rings is 1. The smallest absolute Gasteiger partial charge is 0.341 e. The number of aryl methyl sites for hydroxylation is 1. The van der Waals surface area contributed by atoms with E-state index in [9.17, 15) is 9.59 Å². The van der Waals surface area contributed by atoms with Gasteiger partial charge in [-0.15, -0.1) is 11.3 Å². The third-order valence-electron chi connectivity index (χ3n) is 4.09. The average Bonchev–Trinajstić information content (AvgIpc) is 2.68. The van der Waals surface area contributed by atoms with Crippen molar-refractivity contribution in [1.29, 1.82) is 0 Å². The summed E-state index contributed by atoms with van der Waals surface area (Å²) in [5, 5.41) is 3.49. The molecular weight excluding hydrogens is 300 g/mol. The van der Waals surface area contributed by atoms with E-state index < -0.39 is 5.97 Å². The lowest BCUT2D eigenvalue weighted by Crippen LogP contribution is -2.34. The molecule has 0 aliphatic carbocycles. The van der Waals surface area contributed by atoms with Crippen LogP contribution in [0.2, 0.25) is 0 Å². The summed E-state index contributed by atoms with van der Waals surface area (Å²) in [6.07, 6.45) is 4.79. The first-order chi connectivity index (χ1) is 10.5. The Labute approximate surface area is 135 Å². The second kappa shape index (κ2) is 7.74. The molecule has 2 heterocycles. The van der Waals surface area contributed by atoms with E-state index in [4.69, 9.17) is 4.74 Å². The van der Waals surface area contributed by atoms with Crippen LogP contribution in [0.1, 0.15) is 46.5 Å². The molecule has 1 saturated heterocycles. The molecule has 22 heavy (non-hydrogen) atoms. The van der Waals surface area contributed by atoms with Crippen molar-refractivity contribution >= 4 is 28.2 Å². The number of hydrogen-bond donors (Lipinski definition) is 1. The van der Waals surface area contributed by atoms with Crippen LogP contribution in [0.25, 0.3) is 0 Å². The van der Waals surface area contributed by atoms with Crippen molar-refractivity contribution in [2.75, 3.05) is 32.1 Å². The van der Waals surface area contributed by atoms with Crippen LogP contribution in [-0.4, -0.2) is 43.5 Å². The summed E-state index contributed by atoms with van der Waals surface area (Å²) in [5.74, 6) is -0.458. The van der Waals surface area contributed by atoms with Gasteiger partial charge in [-0.25, -0.2) is 4.79 Å². The molecule has 5 nitrogen and oxygen atoms in total. The number of anilines is 1. The Morgan fingerprint density at radius 3 is 2.41 bits per heavy atom. The highest BCUT2D eigenvalue weighted by atomic mass is 32.1. The van der Waals surface area contributed by atoms with Gasteiger partial charge < -0.3 is 10.1 Å². The largest absolute Gasteiger partial charge is 0.465 e. The van der Waals surface area contributed by atoms with Gasteiger partial charge in [-0.3, -0.25) is 9.69 Å². The van der Waals surface area contributed by atoms with Gasteiger partial charge >= 0.3 is 5.97 Å². The first-order valence-electron chi connectivity index (χ1n) is 7.73. The summed E-state index contributed by atoms with van der Waals surface area (Å²) in [6, 6.07) is 0. The minimum absolute atomic E-state index is 0.0618. The standard InChI is InChI=1S/C16H24N2O3S/c1-11-12(2)22-15(14(11)16(20)21-3)17-13(19)10-18-8-6-4-5-7-9-18/h4-10H2,1-3H3,(H,17,19). The topological polar surface area (TPSA) is 58.6 Å². The molecule has 122 valence electrons. The molecule has 1 aromatic heterocycles. The normalized spacial score (nSPS) is 16.1. The van der Waals surface area contributed by atoms with Crippen LogP contribution in [0.3, 0.4) is 0 Å². The summed E-state index contributed by atoms with van der Waals surface area (Å²) in [6.45, 7) is 6.15. The molecule has 1 aliphatic rings. The van der Waals surface area contributed by atoms with Gasteiger partial charge in [-0.2, -0.15) is 0 Å². The van der Waals surface area contributed by atoms with Gasteiger partial charge in [0.1, 0.15) is 5.00 Å². The molecule has 1 aliphatic heterocycles. The van der Waals surface area contributed by atoms with Gasteiger partial charge in [-0.1, -0.05) is 12.8 Å². The van der Waals surface area contributed by atoms with Crippen LogP contribution in [0.15, 0.2) is 0 Å². The quantitative estimate of drug-likeness (QED) is 0.865. The molecule has 1 N–H and O–H groups in total. The predicted octanol–water partition coefficient (Wildman–Crippen LogP) is 2.97. The van der Waals surface area contributed by atoms with E-state index in [0.717, 1.165) is 36.4 Å². The number of carbonyl (C=O) groups excluding carboxylic acids is 2. The highest BCUT2D eigenvalue weighted by Crippen LogP contribution is 2.32. The fourth-order valence-electron chi connectivity index (χ4n) is 2.73. The summed E-state index contributed by atoms with van der Waals surface area (Å²) in [7, 11) is 1.36. The third kappa shape index (κ3) is 4.08. The number of hydrogen-bond acceptors (Lipinski definition) is 5. The number of esters is 1. The summed E-state index contributed by atoms with van der Waals surface area (Å²) in [4.78, 5) is 27.4. The van der Waals surface area contributed by atoms with Crippen molar-refractivity contribution in [1.82, 2.24) is 4.90 Å². The molecule has 0 aromatic carbocycles. The maximum atomic E-state index is 12.3. The van der Waals surface area contributed by atoms with Crippen LogP contribution >= 0.6 is 11.3 Å². The molecule has 0 saturated carbocycles. The zero-order chi connectivity index (χ0) is 16.1. The maximum Gasteiger partial charge on any atom is 0.341 e. The molecule has 6 heteroatoms. The van der Waals surface area contributed by atoms with Crippen LogP contribution < -0.4 is 5.32 Å². The van der Waals surface area contributed by atoms with Gasteiger partial charge in [-0.05, 0) is 45.3 Å². The molecule has 1 aromatic rings. The van der Waals surface area contributed by atoms with Gasteiger partial charge in [0.05, 0.1) is 19.2 Å². The van der Waals surface area contributed by atoms with Crippen molar-refractivity contribution < 1.29 is 14.3 Å². The Hall–Kier alpha value is -1.40. The first-order valence-corrected chi connectivity index (χ1v) is 8.55. The van der Waals surface area contributed by atoms with Crippen molar-refractivity contribution in [3.63, 3.8) is 0 Å². The van der Waals surface area contributed by atoms with Crippen molar-refractivity contribution in [2.24, 2.45) is 0 Å². The number of carbonyl (C=O) groups is 2. The van der Waals surface area contributed by atoms with E-state index in [1.54, 1.807) is 0 Å². The minimum Gasteiger partial charge on any atom is -0.465 e. The highest BCUT2D eigenvalue weighted by molar-refractivity contribution is 7.16. The van der Waals surface area contributed by atoms with Gasteiger partial charge in [0.2, 0.25) is 5.91 Å². The third-order valence-corrected chi connectivity index (χ3v) is 5.22. The average molecular weight is 324 g/mol. The molecule has 0 atom stereocenters. The molecule has 1 fully saturated rings. The molecule has 0 bridgehead atoms. The number of nitrogens with zero attached hydrogens (tertiary/aromatic N) is 1. The summed E-state index contributed by atoms with van der Waals surface area (Å²) in [5.41, 5.74) is 1.36. The van der Waals surface area contributed by atoms with Crippen LogP contribution in [0.5, 0.6) is 0 Å². The van der Waals surface area contributed by atoms with E-state index in [2.05, 4.69) is 10.2 Å². The fourth-order valence-corrected chi connectivity index (χ4v) is 3.79. The highest BCUT2D eigenvalue weighted by Gasteiger charge is 2.22. The van der Waals surface area contributed by atoms with E-state index in [0.29, 0.717) is 17.1 Å². The fraction of sp³-hybridized carbons (Fsp3) is 0.625. The first kappa shape index (κ1) is 17.0. The number of methoxy groups -OCH3 is 1. The van der Waals surface area contributed by atoms with E-state index in [1.807, 2.05) is 13.8 Å². The molecular formula is C16H24N2O3S. The molecule has 0 spiro atoms. The van der Waals surface area contributed by atoms with Gasteiger partial charge in [0.15, 0.2) is 0 Å². The molecule has 2 rings (SSSR count). The number of likely N-dealkylation sites (tertiary alicyclic amines) is 1. The summed E-state index contributed by atoms with van der Waals surface area (Å²) >= 11 is 1.43. The Morgan fingerprint density at radius 2 is 1.82 bits per heavy atom. The number of rotatable bonds is 4. The number of nitrogens with one attached hydrogen (secondary N) is 1. The SMILES string of the molecule is COC(=O)c1c(NC(=O)CN2CCCCCC2)sc(C)c1C. The zero-order valence-electron chi connectivity index (χ0n) is 13.5. The Bertz CT molecular complexity index is 546. The van der Waals surface area contributed by atoms with E-state index in [-0.39, 0.29) is 5.91 Å². The lowest BCUT2D eigenvalue weighted by atomic mass is 10.1. The Kier molecular flexibility index (Phi) is 5.97. The zero-order valence-corrected chi connectivity index (χ0v) is 14.3. The van der Waals surface area contributed by atoms with Crippen molar-refractivity contribution in [3.8, 4) is 0 Å². The summed E-state index contributed by atoms with van der Waals surface area (Å²) < 4.78 is 4.83. The maximum absolute atomic E-state index is 12.3. The van der Waals surface area contributed by atoms with E-state index in [1.165, 1.54) is 31.3 Å². The lowest BCUT2D eigenvalue weighted by molar-refractivity contribution is -0.117. The molecule has 0 radical (unpaired) electrons. The number of amides is 1. The minimum atomic E-state index is -0.396. The monoisotopic (exact) mass is 324 g/mol. The lowest BCUT2D eigenvalue weighted by Gasteiger charge is -2.18. The Balaban J connectivity index is 2.04. The van der Waals surface area contributed by atoms with Crippen molar-refractivity contribution in [2.45, 2.75) is 39.5 Å². The second-order valence-electron chi connectivity index (χ2n) is 5.72. The molecule has 0 unspecified atom stereocenters. The molecule has 1 amide bonds. The second-order valence-corrected chi connectivity index (χ2v) is 6.94. The van der Waals surface area contributed by atoms with Crippen molar-refractivity contribution in [3.05, 3.63) is 16.0 Å². The van der Waals surface area contributed by atoms with Crippen LogP contribution in [-0.2, 0) is 9.53 Å².